The summed E-state index contributed by atoms with van der Waals surface area (Å²) in [6.07, 6.45) is 2.53. The Kier molecular flexibility index (Phi) is 5.28. The summed E-state index contributed by atoms with van der Waals surface area (Å²) in [5.41, 5.74) is 0.641. The van der Waals surface area contributed by atoms with Crippen LogP contribution in [0.5, 0.6) is 5.75 Å². The number of amides is 2. The Hall–Kier alpha value is -1.46. The van der Waals surface area contributed by atoms with Crippen molar-refractivity contribution in [2.75, 3.05) is 38.1 Å². The van der Waals surface area contributed by atoms with Crippen LogP contribution in [-0.2, 0) is 0 Å². The Morgan fingerprint density at radius 1 is 1.39 bits per heavy atom. The minimum Gasteiger partial charge on any atom is -0.492 e. The summed E-state index contributed by atoms with van der Waals surface area (Å²) in [5, 5.41) is 6.45. The monoisotopic (exact) mass is 337 g/mol. The zero-order chi connectivity index (χ0) is 16.2. The van der Waals surface area contributed by atoms with Crippen LogP contribution in [0.1, 0.15) is 19.8 Å². The first kappa shape index (κ1) is 16.4. The molecule has 1 atom stereocenters. The SMILES string of the molecule is CCOc1cc(Cl)ccc1NC(=O)NCC1CN2CCC1CC2. The highest BCUT2D eigenvalue weighted by Crippen LogP contribution is 2.32. The Labute approximate surface area is 142 Å². The Morgan fingerprint density at radius 2 is 2.17 bits per heavy atom. The average molecular weight is 338 g/mol. The summed E-state index contributed by atoms with van der Waals surface area (Å²) in [7, 11) is 0. The van der Waals surface area contributed by atoms with Gasteiger partial charge in [0, 0.05) is 24.2 Å². The molecule has 5 nitrogen and oxygen atoms in total. The molecule has 1 aromatic rings. The van der Waals surface area contributed by atoms with Crippen molar-refractivity contribution in [2.24, 2.45) is 11.8 Å². The summed E-state index contributed by atoms with van der Waals surface area (Å²) >= 11 is 5.97. The molecule has 3 aliphatic rings. The predicted molar refractivity (Wildman–Crippen MR) is 92.3 cm³/mol. The molecule has 0 aliphatic carbocycles. The molecular formula is C17H24ClN3O2. The van der Waals surface area contributed by atoms with Crippen LogP contribution in [0.3, 0.4) is 0 Å². The van der Waals surface area contributed by atoms with E-state index < -0.39 is 0 Å². The van der Waals surface area contributed by atoms with E-state index in [1.807, 2.05) is 6.92 Å². The fourth-order valence-electron chi connectivity index (χ4n) is 3.58. The number of fused-ring (bicyclic) bond motifs is 3. The number of halogens is 1. The van der Waals surface area contributed by atoms with Gasteiger partial charge < -0.3 is 20.3 Å². The van der Waals surface area contributed by atoms with Crippen molar-refractivity contribution in [1.29, 1.82) is 0 Å². The van der Waals surface area contributed by atoms with Gasteiger partial charge in [0.1, 0.15) is 5.75 Å². The molecule has 126 valence electrons. The molecule has 23 heavy (non-hydrogen) atoms. The largest absolute Gasteiger partial charge is 0.492 e. The Bertz CT molecular complexity index is 559. The van der Waals surface area contributed by atoms with Crippen LogP contribution in [0.15, 0.2) is 18.2 Å². The molecule has 3 aliphatic heterocycles. The van der Waals surface area contributed by atoms with Crippen molar-refractivity contribution in [1.82, 2.24) is 10.2 Å². The second-order valence-corrected chi connectivity index (χ2v) is 6.74. The molecule has 4 rings (SSSR count). The van der Waals surface area contributed by atoms with Crippen LogP contribution in [0.25, 0.3) is 0 Å². The van der Waals surface area contributed by atoms with E-state index in [-0.39, 0.29) is 6.03 Å². The molecule has 3 heterocycles. The van der Waals surface area contributed by atoms with Crippen molar-refractivity contribution in [2.45, 2.75) is 19.8 Å². The molecule has 3 fully saturated rings. The number of nitrogens with one attached hydrogen (secondary N) is 2. The van der Waals surface area contributed by atoms with Crippen LogP contribution in [-0.4, -0.2) is 43.7 Å². The van der Waals surface area contributed by atoms with Crippen LogP contribution < -0.4 is 15.4 Å². The number of ether oxygens (including phenoxy) is 1. The van der Waals surface area contributed by atoms with Gasteiger partial charge in [0.2, 0.25) is 0 Å². The summed E-state index contributed by atoms with van der Waals surface area (Å²) in [4.78, 5) is 14.7. The zero-order valence-electron chi connectivity index (χ0n) is 13.5. The summed E-state index contributed by atoms with van der Waals surface area (Å²) in [6, 6.07) is 5.03. The number of piperidine rings is 3. The third kappa shape index (κ3) is 4.09. The zero-order valence-corrected chi connectivity index (χ0v) is 14.2. The molecule has 3 saturated heterocycles. The van der Waals surface area contributed by atoms with Gasteiger partial charge >= 0.3 is 6.03 Å². The number of rotatable bonds is 5. The van der Waals surface area contributed by atoms with E-state index in [0.29, 0.717) is 29.0 Å². The van der Waals surface area contributed by atoms with E-state index in [2.05, 4.69) is 15.5 Å². The number of anilines is 1. The Balaban J connectivity index is 1.53. The lowest BCUT2D eigenvalue weighted by atomic mass is 9.79. The maximum Gasteiger partial charge on any atom is 0.319 e. The quantitative estimate of drug-likeness (QED) is 0.867. The molecule has 0 aromatic heterocycles. The minimum absolute atomic E-state index is 0.190. The van der Waals surface area contributed by atoms with Crippen LogP contribution >= 0.6 is 11.6 Å². The Morgan fingerprint density at radius 3 is 2.83 bits per heavy atom. The van der Waals surface area contributed by atoms with Gasteiger partial charge in [0.25, 0.3) is 0 Å². The van der Waals surface area contributed by atoms with Gasteiger partial charge in [-0.25, -0.2) is 4.79 Å². The van der Waals surface area contributed by atoms with Gasteiger partial charge in [0.15, 0.2) is 0 Å². The third-order valence-corrected chi connectivity index (χ3v) is 5.04. The standard InChI is InChI=1S/C17H24ClN3O2/c1-2-23-16-9-14(18)3-4-15(16)20-17(22)19-10-13-11-21-7-5-12(13)6-8-21/h3-4,9,12-13H,2,5-8,10-11H2,1H3,(H2,19,20,22). The van der Waals surface area contributed by atoms with E-state index in [0.717, 1.165) is 19.0 Å². The number of urea groups is 1. The van der Waals surface area contributed by atoms with Crippen molar-refractivity contribution < 1.29 is 9.53 Å². The average Bonchev–Trinajstić information content (AvgIpc) is 2.57. The summed E-state index contributed by atoms with van der Waals surface area (Å²) < 4.78 is 5.52. The van der Waals surface area contributed by atoms with Gasteiger partial charge in [0.05, 0.1) is 12.3 Å². The summed E-state index contributed by atoms with van der Waals surface area (Å²) in [6.45, 7) is 6.70. The molecular weight excluding hydrogens is 314 g/mol. The van der Waals surface area contributed by atoms with E-state index in [4.69, 9.17) is 16.3 Å². The second kappa shape index (κ2) is 7.41. The van der Waals surface area contributed by atoms with Gasteiger partial charge in [-0.2, -0.15) is 0 Å². The first-order chi connectivity index (χ1) is 11.2. The van der Waals surface area contributed by atoms with Crippen LogP contribution in [0.4, 0.5) is 10.5 Å². The van der Waals surface area contributed by atoms with Crippen molar-refractivity contribution in [3.05, 3.63) is 23.2 Å². The highest BCUT2D eigenvalue weighted by molar-refractivity contribution is 6.30. The number of benzene rings is 1. The molecule has 0 radical (unpaired) electrons. The lowest BCUT2D eigenvalue weighted by Crippen LogP contribution is -2.51. The maximum absolute atomic E-state index is 12.2. The number of carbonyl (C=O) groups excluding carboxylic acids is 1. The van der Waals surface area contributed by atoms with Gasteiger partial charge in [-0.3, -0.25) is 0 Å². The predicted octanol–water partition coefficient (Wildman–Crippen LogP) is 3.20. The maximum atomic E-state index is 12.2. The van der Waals surface area contributed by atoms with Crippen molar-refractivity contribution in [3.8, 4) is 5.75 Å². The first-order valence-electron chi connectivity index (χ1n) is 8.35. The fourth-order valence-corrected chi connectivity index (χ4v) is 3.75. The smallest absolute Gasteiger partial charge is 0.319 e. The van der Waals surface area contributed by atoms with E-state index >= 15 is 0 Å². The lowest BCUT2D eigenvalue weighted by Gasteiger charge is -2.44. The fraction of sp³-hybridized carbons (Fsp3) is 0.588. The number of carbonyl (C=O) groups is 1. The molecule has 0 saturated carbocycles. The molecule has 2 amide bonds. The normalized spacial score (nSPS) is 25.9. The van der Waals surface area contributed by atoms with Crippen molar-refractivity contribution in [3.63, 3.8) is 0 Å². The minimum atomic E-state index is -0.190. The molecule has 2 N–H and O–H groups in total. The highest BCUT2D eigenvalue weighted by Gasteiger charge is 2.33. The number of hydrogen-bond donors (Lipinski definition) is 2. The van der Waals surface area contributed by atoms with Crippen LogP contribution in [0, 0.1) is 11.8 Å². The van der Waals surface area contributed by atoms with Crippen LogP contribution in [0.2, 0.25) is 5.02 Å². The number of hydrogen-bond acceptors (Lipinski definition) is 3. The third-order valence-electron chi connectivity index (χ3n) is 4.81. The molecule has 6 heteroatoms. The molecule has 2 bridgehead atoms. The molecule has 1 unspecified atom stereocenters. The topological polar surface area (TPSA) is 53.6 Å². The number of nitrogens with zero attached hydrogens (tertiary/aromatic N) is 1. The van der Waals surface area contributed by atoms with Gasteiger partial charge in [-0.15, -0.1) is 0 Å². The van der Waals surface area contributed by atoms with E-state index in [9.17, 15) is 4.79 Å². The van der Waals surface area contributed by atoms with E-state index in [1.165, 1.54) is 25.9 Å². The van der Waals surface area contributed by atoms with Crippen molar-refractivity contribution >= 4 is 23.3 Å². The summed E-state index contributed by atoms with van der Waals surface area (Å²) in [5.74, 6) is 1.92. The van der Waals surface area contributed by atoms with Gasteiger partial charge in [-0.1, -0.05) is 11.6 Å². The molecule has 0 spiro atoms. The van der Waals surface area contributed by atoms with E-state index in [1.54, 1.807) is 18.2 Å². The lowest BCUT2D eigenvalue weighted by molar-refractivity contribution is 0.0525. The first-order valence-corrected chi connectivity index (χ1v) is 8.73. The molecule has 1 aromatic carbocycles. The highest BCUT2D eigenvalue weighted by atomic mass is 35.5. The second-order valence-electron chi connectivity index (χ2n) is 6.31. The van der Waals surface area contributed by atoms with Gasteiger partial charge in [-0.05, 0) is 56.8 Å².